The minimum absolute atomic E-state index is 0.0378. The van der Waals surface area contributed by atoms with Crippen LogP contribution in [0.15, 0.2) is 24.3 Å². The van der Waals surface area contributed by atoms with Gasteiger partial charge in [0.15, 0.2) is 5.82 Å². The average Bonchev–Trinajstić information content (AvgIpc) is 2.82. The van der Waals surface area contributed by atoms with E-state index < -0.39 is 29.9 Å². The van der Waals surface area contributed by atoms with E-state index in [1.54, 1.807) is 0 Å². The number of aromatic amines is 1. The van der Waals surface area contributed by atoms with Crippen LogP contribution in [0.2, 0.25) is 0 Å². The Bertz CT molecular complexity index is 649. The number of carbonyl (C=O) groups excluding carboxylic acids is 1. The minimum atomic E-state index is -1.24. The smallest absolute Gasteiger partial charge is 0.353 e. The number of amides is 1. The molecule has 20 heavy (non-hydrogen) atoms. The van der Waals surface area contributed by atoms with E-state index >= 15 is 0 Å². The number of hydrogen-bond donors (Lipinski definition) is 3. The van der Waals surface area contributed by atoms with Gasteiger partial charge in [0.05, 0.1) is 6.42 Å². The number of aromatic nitrogens is 2. The third-order valence-electron chi connectivity index (χ3n) is 2.47. The second-order valence-electron chi connectivity index (χ2n) is 3.90. The van der Waals surface area contributed by atoms with E-state index in [9.17, 15) is 18.4 Å². The van der Waals surface area contributed by atoms with Crippen molar-refractivity contribution in [2.75, 3.05) is 5.32 Å². The summed E-state index contributed by atoms with van der Waals surface area (Å²) in [6, 6.07) is 4.38. The SMILES string of the molecule is O=C(Cc1c(F)cccc1F)Nc1cc(C(=O)O)[nH]n1. The zero-order valence-corrected chi connectivity index (χ0v) is 9.98. The number of anilines is 1. The lowest BCUT2D eigenvalue weighted by atomic mass is 10.1. The normalized spacial score (nSPS) is 10.3. The van der Waals surface area contributed by atoms with Gasteiger partial charge in [-0.2, -0.15) is 5.10 Å². The average molecular weight is 281 g/mol. The van der Waals surface area contributed by atoms with Crippen molar-refractivity contribution in [3.8, 4) is 0 Å². The van der Waals surface area contributed by atoms with Gasteiger partial charge in [-0.1, -0.05) is 6.07 Å². The van der Waals surface area contributed by atoms with Gasteiger partial charge in [0, 0.05) is 11.6 Å². The molecule has 0 aliphatic carbocycles. The van der Waals surface area contributed by atoms with Crippen LogP contribution >= 0.6 is 0 Å². The topological polar surface area (TPSA) is 95.1 Å². The summed E-state index contributed by atoms with van der Waals surface area (Å²) in [6.07, 6.45) is -0.520. The highest BCUT2D eigenvalue weighted by Gasteiger charge is 2.15. The number of nitrogens with one attached hydrogen (secondary N) is 2. The summed E-state index contributed by atoms with van der Waals surface area (Å²) in [5.74, 6) is -3.64. The number of aromatic carboxylic acids is 1. The number of carboxylic acids is 1. The van der Waals surface area contributed by atoms with Gasteiger partial charge >= 0.3 is 5.97 Å². The number of nitrogens with zero attached hydrogens (tertiary/aromatic N) is 1. The largest absolute Gasteiger partial charge is 0.477 e. The highest BCUT2D eigenvalue weighted by atomic mass is 19.1. The molecule has 0 atom stereocenters. The van der Waals surface area contributed by atoms with Gasteiger partial charge in [0.1, 0.15) is 17.3 Å². The van der Waals surface area contributed by atoms with Crippen LogP contribution in [0.5, 0.6) is 0 Å². The Kier molecular flexibility index (Phi) is 3.74. The minimum Gasteiger partial charge on any atom is -0.477 e. The monoisotopic (exact) mass is 281 g/mol. The number of hydrogen-bond acceptors (Lipinski definition) is 3. The zero-order chi connectivity index (χ0) is 14.7. The Morgan fingerprint density at radius 2 is 1.95 bits per heavy atom. The van der Waals surface area contributed by atoms with Crippen molar-refractivity contribution in [2.24, 2.45) is 0 Å². The first kappa shape index (κ1) is 13.7. The van der Waals surface area contributed by atoms with E-state index in [2.05, 4.69) is 15.5 Å². The third kappa shape index (κ3) is 2.97. The Morgan fingerprint density at radius 1 is 1.30 bits per heavy atom. The molecule has 1 aromatic heterocycles. The maximum absolute atomic E-state index is 13.3. The molecule has 104 valence electrons. The molecule has 0 fully saturated rings. The summed E-state index contributed by atoms with van der Waals surface area (Å²) in [5, 5.41) is 16.6. The summed E-state index contributed by atoms with van der Waals surface area (Å²) in [7, 11) is 0. The lowest BCUT2D eigenvalue weighted by molar-refractivity contribution is -0.115. The molecule has 0 unspecified atom stereocenters. The first-order chi connectivity index (χ1) is 9.47. The van der Waals surface area contributed by atoms with Crippen LogP contribution in [0.4, 0.5) is 14.6 Å². The summed E-state index contributed by atoms with van der Waals surface area (Å²) in [4.78, 5) is 22.2. The summed E-state index contributed by atoms with van der Waals surface area (Å²) >= 11 is 0. The molecule has 8 heteroatoms. The van der Waals surface area contributed by atoms with E-state index in [1.165, 1.54) is 6.07 Å². The molecule has 0 bridgehead atoms. The van der Waals surface area contributed by atoms with Crippen LogP contribution < -0.4 is 5.32 Å². The van der Waals surface area contributed by atoms with E-state index in [0.717, 1.165) is 18.2 Å². The maximum Gasteiger partial charge on any atom is 0.353 e. The Morgan fingerprint density at radius 3 is 2.50 bits per heavy atom. The van der Waals surface area contributed by atoms with Crippen molar-refractivity contribution in [1.29, 1.82) is 0 Å². The van der Waals surface area contributed by atoms with Crippen LogP contribution in [0, 0.1) is 11.6 Å². The molecule has 3 N–H and O–H groups in total. The molecule has 0 saturated heterocycles. The van der Waals surface area contributed by atoms with Crippen LogP contribution in [0.3, 0.4) is 0 Å². The molecule has 0 saturated carbocycles. The molecule has 0 radical (unpaired) electrons. The second kappa shape index (κ2) is 5.47. The number of halogens is 2. The van der Waals surface area contributed by atoms with Crippen LogP contribution in [0.1, 0.15) is 16.1 Å². The number of H-pyrrole nitrogens is 1. The van der Waals surface area contributed by atoms with Gasteiger partial charge in [-0.15, -0.1) is 0 Å². The summed E-state index contributed by atoms with van der Waals surface area (Å²) in [5.41, 5.74) is -0.573. The van der Waals surface area contributed by atoms with Crippen molar-refractivity contribution in [3.63, 3.8) is 0 Å². The van der Waals surface area contributed by atoms with Crippen molar-refractivity contribution in [1.82, 2.24) is 10.2 Å². The van der Waals surface area contributed by atoms with Gasteiger partial charge in [-0.05, 0) is 12.1 Å². The van der Waals surface area contributed by atoms with Crippen LogP contribution in [-0.2, 0) is 11.2 Å². The van der Waals surface area contributed by atoms with Gasteiger partial charge < -0.3 is 10.4 Å². The molecule has 0 aliphatic heterocycles. The van der Waals surface area contributed by atoms with Gasteiger partial charge in [0.25, 0.3) is 0 Å². The van der Waals surface area contributed by atoms with Crippen molar-refractivity contribution < 1.29 is 23.5 Å². The quantitative estimate of drug-likeness (QED) is 0.792. The van der Waals surface area contributed by atoms with E-state index in [-0.39, 0.29) is 17.1 Å². The molecule has 0 spiro atoms. The van der Waals surface area contributed by atoms with Crippen LogP contribution in [-0.4, -0.2) is 27.2 Å². The predicted octanol–water partition coefficient (Wildman–Crippen LogP) is 1.57. The molecular formula is C12H9F2N3O3. The van der Waals surface area contributed by atoms with E-state index in [0.29, 0.717) is 0 Å². The molecule has 1 amide bonds. The summed E-state index contributed by atoms with van der Waals surface area (Å²) < 4.78 is 26.7. The van der Waals surface area contributed by atoms with Crippen LogP contribution in [0.25, 0.3) is 0 Å². The first-order valence-electron chi connectivity index (χ1n) is 5.49. The third-order valence-corrected chi connectivity index (χ3v) is 2.47. The van der Waals surface area contributed by atoms with Crippen molar-refractivity contribution >= 4 is 17.7 Å². The summed E-state index contributed by atoms with van der Waals surface area (Å²) in [6.45, 7) is 0. The Hall–Kier alpha value is -2.77. The fraction of sp³-hybridized carbons (Fsp3) is 0.0833. The highest BCUT2D eigenvalue weighted by Crippen LogP contribution is 2.13. The van der Waals surface area contributed by atoms with Crippen molar-refractivity contribution in [3.05, 3.63) is 47.2 Å². The van der Waals surface area contributed by atoms with Gasteiger partial charge in [0.2, 0.25) is 5.91 Å². The fourth-order valence-corrected chi connectivity index (χ4v) is 1.54. The highest BCUT2D eigenvalue weighted by molar-refractivity contribution is 5.93. The lowest BCUT2D eigenvalue weighted by Crippen LogP contribution is -2.16. The van der Waals surface area contributed by atoms with Gasteiger partial charge in [-0.3, -0.25) is 9.89 Å². The second-order valence-corrected chi connectivity index (χ2v) is 3.90. The van der Waals surface area contributed by atoms with E-state index in [1.807, 2.05) is 0 Å². The lowest BCUT2D eigenvalue weighted by Gasteiger charge is -2.04. The molecule has 1 aromatic carbocycles. The van der Waals surface area contributed by atoms with Gasteiger partial charge in [-0.25, -0.2) is 13.6 Å². The number of rotatable bonds is 4. The zero-order valence-electron chi connectivity index (χ0n) is 9.98. The van der Waals surface area contributed by atoms with E-state index in [4.69, 9.17) is 5.11 Å². The fourth-order valence-electron chi connectivity index (χ4n) is 1.54. The number of benzene rings is 1. The number of carboxylic acid groups (broad SMARTS) is 1. The molecule has 2 rings (SSSR count). The molecule has 2 aromatic rings. The standard InChI is InChI=1S/C12H9F2N3O3/c13-7-2-1-3-8(14)6(7)4-11(18)15-10-5-9(12(19)20)16-17-10/h1-3,5H,4H2,(H,19,20)(H2,15,16,17,18). The maximum atomic E-state index is 13.3. The Labute approximate surface area is 111 Å². The molecular weight excluding hydrogens is 272 g/mol. The molecule has 0 aliphatic rings. The molecule has 6 nitrogen and oxygen atoms in total. The predicted molar refractivity (Wildman–Crippen MR) is 64.2 cm³/mol. The van der Waals surface area contributed by atoms with Crippen molar-refractivity contribution in [2.45, 2.75) is 6.42 Å². The number of carbonyl (C=O) groups is 2. The Balaban J connectivity index is 2.07. The first-order valence-corrected chi connectivity index (χ1v) is 5.49. The molecule has 1 heterocycles.